The van der Waals surface area contributed by atoms with Crippen LogP contribution in [0.1, 0.15) is 52.4 Å². The van der Waals surface area contributed by atoms with E-state index in [-0.39, 0.29) is 46.1 Å². The lowest BCUT2D eigenvalue weighted by Gasteiger charge is -2.20. The summed E-state index contributed by atoms with van der Waals surface area (Å²) < 4.78 is 26.8. The number of unbranched alkanes of at least 4 members (excludes halogenated alkanes) is 2. The van der Waals surface area contributed by atoms with Crippen LogP contribution in [0.25, 0.3) is 0 Å². The summed E-state index contributed by atoms with van der Waals surface area (Å²) in [5.41, 5.74) is 0. The van der Waals surface area contributed by atoms with Crippen LogP contribution in [0.3, 0.4) is 0 Å². The van der Waals surface area contributed by atoms with Crippen LogP contribution in [0.15, 0.2) is 0 Å². The average molecular weight is 423 g/mol. The van der Waals surface area contributed by atoms with Gasteiger partial charge in [-0.1, -0.05) is 33.1 Å². The van der Waals surface area contributed by atoms with Crippen molar-refractivity contribution in [2.75, 3.05) is 52.9 Å². The second-order valence-corrected chi connectivity index (χ2v) is 6.52. The number of hydrogen-bond acceptors (Lipinski definition) is 8. The van der Waals surface area contributed by atoms with E-state index in [4.69, 9.17) is 33.9 Å². The molecule has 0 aliphatic heterocycles. The predicted molar refractivity (Wildman–Crippen MR) is 106 cm³/mol. The molecule has 0 fully saturated rings. The Bertz CT molecular complexity index is 403. The van der Waals surface area contributed by atoms with Crippen LogP contribution in [0, 0.1) is 0 Å². The quantitative estimate of drug-likeness (QED) is 0.211. The molecule has 0 radical (unpaired) electrons. The first-order chi connectivity index (χ1) is 14.0. The standard InChI is InChI=1S/C20H38O9/c1-3-5-7-18(28-14-12-26-10-8-21)20(24)29-16-17(15-19(22)23)27-13-11-25-9-6-4-2/h17-18,21H,3-16H2,1-2H3,(H,22,23). The average Bonchev–Trinajstić information content (AvgIpc) is 2.70. The maximum absolute atomic E-state index is 12.4. The second-order valence-electron chi connectivity index (χ2n) is 6.52. The minimum atomic E-state index is -1.03. The van der Waals surface area contributed by atoms with Crippen molar-refractivity contribution in [2.45, 2.75) is 64.6 Å². The lowest BCUT2D eigenvalue weighted by molar-refractivity contribution is -0.165. The predicted octanol–water partition coefficient (Wildman–Crippen LogP) is 1.79. The Labute approximate surface area is 173 Å². The van der Waals surface area contributed by atoms with E-state index in [0.717, 1.165) is 25.7 Å². The number of esters is 1. The number of ether oxygens (including phenoxy) is 5. The zero-order valence-corrected chi connectivity index (χ0v) is 17.8. The fourth-order valence-electron chi connectivity index (χ4n) is 2.33. The maximum Gasteiger partial charge on any atom is 0.335 e. The number of carbonyl (C=O) groups excluding carboxylic acids is 1. The molecule has 0 spiro atoms. The Hall–Kier alpha value is -1.26. The summed E-state index contributed by atoms with van der Waals surface area (Å²) in [7, 11) is 0. The molecule has 2 N–H and O–H groups in total. The zero-order chi connectivity index (χ0) is 21.7. The lowest BCUT2D eigenvalue weighted by atomic mass is 10.1. The molecule has 172 valence electrons. The molecular formula is C20H38O9. The second kappa shape index (κ2) is 20.0. The maximum atomic E-state index is 12.4. The molecule has 0 aromatic heterocycles. The van der Waals surface area contributed by atoms with Crippen molar-refractivity contribution in [1.82, 2.24) is 0 Å². The number of hydrogen-bond donors (Lipinski definition) is 2. The highest BCUT2D eigenvalue weighted by Gasteiger charge is 2.23. The lowest BCUT2D eigenvalue weighted by Crippen LogP contribution is -2.32. The number of carbonyl (C=O) groups is 2. The Morgan fingerprint density at radius 1 is 0.862 bits per heavy atom. The van der Waals surface area contributed by atoms with Crippen LogP contribution in [-0.4, -0.2) is 87.2 Å². The molecule has 0 aliphatic rings. The third-order valence-electron chi connectivity index (χ3n) is 3.90. The van der Waals surface area contributed by atoms with E-state index in [0.29, 0.717) is 19.6 Å². The third-order valence-corrected chi connectivity index (χ3v) is 3.90. The van der Waals surface area contributed by atoms with Crippen LogP contribution in [0.2, 0.25) is 0 Å². The van der Waals surface area contributed by atoms with E-state index >= 15 is 0 Å². The summed E-state index contributed by atoms with van der Waals surface area (Å²) in [6, 6.07) is 0. The summed E-state index contributed by atoms with van der Waals surface area (Å²) >= 11 is 0. The van der Waals surface area contributed by atoms with Crippen molar-refractivity contribution in [3.05, 3.63) is 0 Å². The van der Waals surface area contributed by atoms with Gasteiger partial charge in [0.25, 0.3) is 0 Å². The van der Waals surface area contributed by atoms with Crippen molar-refractivity contribution in [3.8, 4) is 0 Å². The van der Waals surface area contributed by atoms with Crippen molar-refractivity contribution < 1.29 is 43.5 Å². The summed E-state index contributed by atoms with van der Waals surface area (Å²) in [4.78, 5) is 23.4. The van der Waals surface area contributed by atoms with E-state index in [1.807, 2.05) is 6.92 Å². The molecule has 2 atom stereocenters. The number of carboxylic acids is 1. The van der Waals surface area contributed by atoms with Gasteiger partial charge in [-0.3, -0.25) is 4.79 Å². The summed E-state index contributed by atoms with van der Waals surface area (Å²) in [6.07, 6.45) is 2.44. The van der Waals surface area contributed by atoms with Gasteiger partial charge < -0.3 is 33.9 Å². The molecule has 29 heavy (non-hydrogen) atoms. The minimum Gasteiger partial charge on any atom is -0.481 e. The molecule has 0 bridgehead atoms. The summed E-state index contributed by atoms with van der Waals surface area (Å²) in [6.45, 7) is 5.75. The Kier molecular flexibility index (Phi) is 19.2. The highest BCUT2D eigenvalue weighted by atomic mass is 16.6. The fraction of sp³-hybridized carbons (Fsp3) is 0.900. The molecule has 9 nitrogen and oxygen atoms in total. The Morgan fingerprint density at radius 2 is 1.52 bits per heavy atom. The number of rotatable bonds is 21. The summed E-state index contributed by atoms with van der Waals surface area (Å²) in [5, 5.41) is 17.7. The van der Waals surface area contributed by atoms with Crippen LogP contribution in [-0.2, 0) is 33.3 Å². The highest BCUT2D eigenvalue weighted by molar-refractivity contribution is 5.74. The van der Waals surface area contributed by atoms with Gasteiger partial charge in [-0.05, 0) is 12.8 Å². The van der Waals surface area contributed by atoms with Crippen LogP contribution in [0.4, 0.5) is 0 Å². The molecule has 9 heteroatoms. The molecule has 0 aromatic rings. The molecule has 0 heterocycles. The van der Waals surface area contributed by atoms with Crippen molar-refractivity contribution in [3.63, 3.8) is 0 Å². The normalized spacial score (nSPS) is 13.2. The summed E-state index contributed by atoms with van der Waals surface area (Å²) in [5.74, 6) is -1.57. The fourth-order valence-corrected chi connectivity index (χ4v) is 2.33. The van der Waals surface area contributed by atoms with E-state index < -0.39 is 24.1 Å². The van der Waals surface area contributed by atoms with Gasteiger partial charge in [0.15, 0.2) is 6.10 Å². The van der Waals surface area contributed by atoms with Gasteiger partial charge in [-0.25, -0.2) is 4.79 Å². The zero-order valence-electron chi connectivity index (χ0n) is 17.8. The van der Waals surface area contributed by atoms with E-state index in [9.17, 15) is 9.59 Å². The first kappa shape index (κ1) is 27.7. The molecule has 2 unspecified atom stereocenters. The number of aliphatic hydroxyl groups excluding tert-OH is 1. The highest BCUT2D eigenvalue weighted by Crippen LogP contribution is 2.09. The topological polar surface area (TPSA) is 121 Å². The number of carboxylic acid groups (broad SMARTS) is 1. The Morgan fingerprint density at radius 3 is 2.14 bits per heavy atom. The third kappa shape index (κ3) is 17.3. The van der Waals surface area contributed by atoms with E-state index in [1.54, 1.807) is 0 Å². The molecule has 0 aromatic carbocycles. The van der Waals surface area contributed by atoms with Crippen molar-refractivity contribution >= 4 is 11.9 Å². The molecule has 0 aliphatic carbocycles. The van der Waals surface area contributed by atoms with Crippen molar-refractivity contribution in [1.29, 1.82) is 0 Å². The first-order valence-electron chi connectivity index (χ1n) is 10.4. The molecule has 0 saturated carbocycles. The molecule has 0 amide bonds. The monoisotopic (exact) mass is 422 g/mol. The molecule has 0 saturated heterocycles. The first-order valence-corrected chi connectivity index (χ1v) is 10.4. The van der Waals surface area contributed by atoms with Crippen LogP contribution >= 0.6 is 0 Å². The van der Waals surface area contributed by atoms with E-state index in [1.165, 1.54) is 0 Å². The van der Waals surface area contributed by atoms with Gasteiger partial charge >= 0.3 is 11.9 Å². The minimum absolute atomic E-state index is 0.0735. The smallest absolute Gasteiger partial charge is 0.335 e. The largest absolute Gasteiger partial charge is 0.481 e. The van der Waals surface area contributed by atoms with Crippen LogP contribution < -0.4 is 0 Å². The van der Waals surface area contributed by atoms with Gasteiger partial charge in [0.05, 0.1) is 46.1 Å². The van der Waals surface area contributed by atoms with Gasteiger partial charge in [0.2, 0.25) is 0 Å². The van der Waals surface area contributed by atoms with Gasteiger partial charge in [-0.15, -0.1) is 0 Å². The van der Waals surface area contributed by atoms with Gasteiger partial charge in [0, 0.05) is 6.61 Å². The van der Waals surface area contributed by atoms with Gasteiger partial charge in [0.1, 0.15) is 12.7 Å². The number of aliphatic carboxylic acids is 1. The van der Waals surface area contributed by atoms with E-state index in [2.05, 4.69) is 6.92 Å². The Balaban J connectivity index is 4.37. The number of aliphatic hydroxyl groups is 1. The molecular weight excluding hydrogens is 384 g/mol. The molecule has 0 rings (SSSR count). The SMILES string of the molecule is CCCCOCCOC(COC(=O)C(CCCC)OCCOCCO)CC(=O)O. The van der Waals surface area contributed by atoms with Crippen LogP contribution in [0.5, 0.6) is 0 Å². The van der Waals surface area contributed by atoms with Gasteiger partial charge in [-0.2, -0.15) is 0 Å². The van der Waals surface area contributed by atoms with Crippen molar-refractivity contribution in [2.24, 2.45) is 0 Å².